The summed E-state index contributed by atoms with van der Waals surface area (Å²) in [6.45, 7) is 8.25. The van der Waals surface area contributed by atoms with Crippen LogP contribution in [0.5, 0.6) is 0 Å². The zero-order valence-electron chi connectivity index (χ0n) is 7.91. The Morgan fingerprint density at radius 2 is 1.18 bits per heavy atom. The van der Waals surface area contributed by atoms with Crippen LogP contribution in [-0.2, 0) is 0 Å². The molecule has 11 heavy (non-hydrogen) atoms. The van der Waals surface area contributed by atoms with Crippen LogP contribution in [0.25, 0.3) is 0 Å². The second-order valence-electron chi connectivity index (χ2n) is 1.62. The fraction of sp³-hybridized carbons (Fsp3) is 0.556. The van der Waals surface area contributed by atoms with Crippen LogP contribution in [0.15, 0.2) is 24.5 Å². The van der Waals surface area contributed by atoms with Crippen molar-refractivity contribution in [1.82, 2.24) is 10.2 Å². The van der Waals surface area contributed by atoms with E-state index in [0.717, 1.165) is 0 Å². The summed E-state index contributed by atoms with van der Waals surface area (Å²) in [7, 11) is 0. The number of nitrogens with zero attached hydrogens (tertiary/aromatic N) is 2. The van der Waals surface area contributed by atoms with E-state index in [1.165, 1.54) is 6.42 Å². The zero-order valence-corrected chi connectivity index (χ0v) is 7.91. The first-order valence-corrected chi connectivity index (χ1v) is 4.13. The Morgan fingerprint density at radius 1 is 0.909 bits per heavy atom. The molecule has 0 fully saturated rings. The fourth-order valence-electron chi connectivity index (χ4n) is 0.253. The molecule has 2 nitrogen and oxygen atoms in total. The minimum absolute atomic E-state index is 1.25. The summed E-state index contributed by atoms with van der Waals surface area (Å²) in [6, 6.07) is 3.65. The van der Waals surface area contributed by atoms with Crippen LogP contribution in [0, 0.1) is 0 Å². The Kier molecular flexibility index (Phi) is 18.6. The molecule has 64 valence electrons. The van der Waals surface area contributed by atoms with Crippen LogP contribution < -0.4 is 0 Å². The van der Waals surface area contributed by atoms with Crippen molar-refractivity contribution in [1.29, 1.82) is 0 Å². The van der Waals surface area contributed by atoms with E-state index in [-0.39, 0.29) is 0 Å². The second kappa shape index (κ2) is 16.0. The van der Waals surface area contributed by atoms with E-state index in [0.29, 0.717) is 0 Å². The number of hydrogen-bond donors (Lipinski definition) is 0. The zero-order chi connectivity index (χ0) is 8.95. The van der Waals surface area contributed by atoms with Gasteiger partial charge in [-0.15, -0.1) is 0 Å². The van der Waals surface area contributed by atoms with Gasteiger partial charge in [-0.3, -0.25) is 0 Å². The third-order valence-corrected chi connectivity index (χ3v) is 0.483. The standard InChI is InChI=1S/C4H4N2.C3H8.C2H6/c1-2-4-6-5-3-1;1-3-2;1-2/h1-4H;3H2,1-2H3;1-2H3. The summed E-state index contributed by atoms with van der Waals surface area (Å²) >= 11 is 0. The van der Waals surface area contributed by atoms with Gasteiger partial charge in [0.1, 0.15) is 0 Å². The molecule has 1 heterocycles. The average Bonchev–Trinajstić information content (AvgIpc) is 2.12. The van der Waals surface area contributed by atoms with Gasteiger partial charge in [-0.25, -0.2) is 0 Å². The molecule has 1 aromatic rings. The minimum atomic E-state index is 1.25. The summed E-state index contributed by atoms with van der Waals surface area (Å²) in [5.74, 6) is 0. The lowest BCUT2D eigenvalue weighted by atomic mass is 10.6. The van der Waals surface area contributed by atoms with Crippen LogP contribution in [0.1, 0.15) is 34.1 Å². The lowest BCUT2D eigenvalue weighted by Gasteiger charge is -1.69. The van der Waals surface area contributed by atoms with E-state index >= 15 is 0 Å². The number of rotatable bonds is 0. The fourth-order valence-corrected chi connectivity index (χ4v) is 0.253. The molecule has 1 rings (SSSR count). The first-order chi connectivity index (χ1) is 5.41. The van der Waals surface area contributed by atoms with Crippen LogP contribution in [0.2, 0.25) is 0 Å². The predicted octanol–water partition coefficient (Wildman–Crippen LogP) is 2.92. The van der Waals surface area contributed by atoms with Gasteiger partial charge in [0.25, 0.3) is 0 Å². The van der Waals surface area contributed by atoms with Gasteiger partial charge in [0, 0.05) is 12.4 Å². The van der Waals surface area contributed by atoms with Crippen LogP contribution in [0.4, 0.5) is 0 Å². The Hall–Kier alpha value is -0.920. The van der Waals surface area contributed by atoms with Gasteiger partial charge in [-0.2, -0.15) is 10.2 Å². The molecule has 0 radical (unpaired) electrons. The largest absolute Gasteiger partial charge is 0.159 e. The van der Waals surface area contributed by atoms with Crippen LogP contribution in [-0.4, -0.2) is 10.2 Å². The molecule has 0 spiro atoms. The van der Waals surface area contributed by atoms with E-state index in [1.54, 1.807) is 12.4 Å². The molecule has 1 aromatic heterocycles. The summed E-state index contributed by atoms with van der Waals surface area (Å²) in [5, 5.41) is 7.07. The first kappa shape index (κ1) is 12.7. The van der Waals surface area contributed by atoms with Gasteiger partial charge in [0.15, 0.2) is 0 Å². The summed E-state index contributed by atoms with van der Waals surface area (Å²) in [5.41, 5.74) is 0. The van der Waals surface area contributed by atoms with Crippen molar-refractivity contribution in [2.45, 2.75) is 34.1 Å². The number of aromatic nitrogens is 2. The molecule has 0 aromatic carbocycles. The van der Waals surface area contributed by atoms with Crippen molar-refractivity contribution in [3.05, 3.63) is 24.5 Å². The Morgan fingerprint density at radius 3 is 1.27 bits per heavy atom. The van der Waals surface area contributed by atoms with Crippen molar-refractivity contribution in [2.75, 3.05) is 0 Å². The highest BCUT2D eigenvalue weighted by atomic mass is 15.1. The predicted molar refractivity (Wildman–Crippen MR) is 49.3 cm³/mol. The molecule has 0 saturated carbocycles. The lowest BCUT2D eigenvalue weighted by Crippen LogP contribution is -1.69. The topological polar surface area (TPSA) is 25.8 Å². The third-order valence-electron chi connectivity index (χ3n) is 0.483. The van der Waals surface area contributed by atoms with Gasteiger partial charge in [0.05, 0.1) is 0 Å². The van der Waals surface area contributed by atoms with Crippen molar-refractivity contribution < 1.29 is 0 Å². The molecular weight excluding hydrogens is 136 g/mol. The van der Waals surface area contributed by atoms with Crippen molar-refractivity contribution in [3.8, 4) is 0 Å². The highest BCUT2D eigenvalue weighted by Gasteiger charge is 1.59. The van der Waals surface area contributed by atoms with E-state index in [4.69, 9.17) is 0 Å². The smallest absolute Gasteiger partial charge is 0.0496 e. The van der Waals surface area contributed by atoms with Crippen LogP contribution in [0.3, 0.4) is 0 Å². The normalized spacial score (nSPS) is 6.55. The average molecular weight is 154 g/mol. The quantitative estimate of drug-likeness (QED) is 0.574. The highest BCUT2D eigenvalue weighted by Crippen LogP contribution is 1.68. The third kappa shape index (κ3) is 17.6. The van der Waals surface area contributed by atoms with E-state index < -0.39 is 0 Å². The van der Waals surface area contributed by atoms with Gasteiger partial charge >= 0.3 is 0 Å². The number of hydrogen-bond acceptors (Lipinski definition) is 2. The van der Waals surface area contributed by atoms with Crippen molar-refractivity contribution in [3.63, 3.8) is 0 Å². The molecule has 0 bridgehead atoms. The molecule has 0 aliphatic rings. The summed E-state index contributed by atoms with van der Waals surface area (Å²) in [6.07, 6.45) is 4.53. The van der Waals surface area contributed by atoms with Crippen molar-refractivity contribution >= 4 is 0 Å². The van der Waals surface area contributed by atoms with Crippen molar-refractivity contribution in [2.24, 2.45) is 0 Å². The highest BCUT2D eigenvalue weighted by molar-refractivity contribution is 4.79. The Bertz CT molecular complexity index is 90.4. The SMILES string of the molecule is CC.CCC.c1ccnnc1. The minimum Gasteiger partial charge on any atom is -0.159 e. The Balaban J connectivity index is 0. The van der Waals surface area contributed by atoms with E-state index in [1.807, 2.05) is 26.0 Å². The Labute approximate surface area is 69.7 Å². The summed E-state index contributed by atoms with van der Waals surface area (Å²) in [4.78, 5) is 0. The maximum atomic E-state index is 3.53. The molecular formula is C9H18N2. The van der Waals surface area contributed by atoms with E-state index in [9.17, 15) is 0 Å². The van der Waals surface area contributed by atoms with Gasteiger partial charge in [0.2, 0.25) is 0 Å². The summed E-state index contributed by atoms with van der Waals surface area (Å²) < 4.78 is 0. The molecule has 0 saturated heterocycles. The molecule has 0 unspecified atom stereocenters. The van der Waals surface area contributed by atoms with Crippen LogP contribution >= 0.6 is 0 Å². The van der Waals surface area contributed by atoms with Gasteiger partial charge in [-0.1, -0.05) is 34.1 Å². The first-order valence-electron chi connectivity index (χ1n) is 4.13. The lowest BCUT2D eigenvalue weighted by molar-refractivity contribution is 1.03. The van der Waals surface area contributed by atoms with Gasteiger partial charge in [-0.05, 0) is 12.1 Å². The monoisotopic (exact) mass is 154 g/mol. The molecule has 0 aliphatic heterocycles. The van der Waals surface area contributed by atoms with E-state index in [2.05, 4.69) is 24.0 Å². The molecule has 0 amide bonds. The molecule has 0 atom stereocenters. The molecule has 0 aliphatic carbocycles. The molecule has 0 N–H and O–H groups in total. The second-order valence-corrected chi connectivity index (χ2v) is 1.62. The molecule has 2 heteroatoms. The van der Waals surface area contributed by atoms with Gasteiger partial charge < -0.3 is 0 Å². The maximum Gasteiger partial charge on any atom is 0.0496 e. The maximum absolute atomic E-state index is 3.53.